The molecule has 0 atom stereocenters. The fraction of sp³-hybridized carbons (Fsp3) is 0.250. The number of aromatic nitrogens is 1. The molecule has 0 saturated carbocycles. The first kappa shape index (κ1) is 13.0. The Labute approximate surface area is 111 Å². The first-order chi connectivity index (χ1) is 8.51. The molecule has 0 aromatic carbocycles. The number of aryl methyl sites for hydroxylation is 2. The van der Waals surface area contributed by atoms with E-state index >= 15 is 0 Å². The second kappa shape index (κ2) is 5.07. The van der Waals surface area contributed by atoms with E-state index in [1.54, 1.807) is 18.3 Å². The number of hydrogen-bond donors (Lipinski definition) is 1. The average Bonchev–Trinajstić information content (AvgIpc) is 2.77. The van der Waals surface area contributed by atoms with Gasteiger partial charge >= 0.3 is 0 Å². The first-order valence-corrected chi connectivity index (χ1v) is 7.84. The van der Waals surface area contributed by atoms with Crippen LogP contribution in [0.3, 0.4) is 0 Å². The zero-order valence-corrected chi connectivity index (χ0v) is 11.8. The average molecular weight is 282 g/mol. The second-order valence-electron chi connectivity index (χ2n) is 3.93. The molecule has 6 heteroatoms. The zero-order valence-electron chi connectivity index (χ0n) is 10.2. The van der Waals surface area contributed by atoms with Gasteiger partial charge < -0.3 is 0 Å². The van der Waals surface area contributed by atoms with E-state index < -0.39 is 10.0 Å². The smallest absolute Gasteiger partial charge is 0.271 e. The Balaban J connectivity index is 2.27. The molecule has 4 nitrogen and oxygen atoms in total. The van der Waals surface area contributed by atoms with Crippen molar-refractivity contribution < 1.29 is 8.42 Å². The largest absolute Gasteiger partial charge is 0.277 e. The van der Waals surface area contributed by atoms with Crippen molar-refractivity contribution in [2.45, 2.75) is 24.5 Å². The lowest BCUT2D eigenvalue weighted by Crippen LogP contribution is -2.11. The zero-order chi connectivity index (χ0) is 13.2. The summed E-state index contributed by atoms with van der Waals surface area (Å²) in [5.74, 6) is 0. The van der Waals surface area contributed by atoms with Crippen LogP contribution in [0.2, 0.25) is 0 Å². The Kier molecular flexibility index (Phi) is 3.68. The first-order valence-electron chi connectivity index (χ1n) is 5.54. The summed E-state index contributed by atoms with van der Waals surface area (Å²) >= 11 is 1.29. The van der Waals surface area contributed by atoms with E-state index in [-0.39, 0.29) is 0 Å². The number of nitrogens with one attached hydrogen (secondary N) is 1. The van der Waals surface area contributed by atoms with E-state index in [4.69, 9.17) is 0 Å². The van der Waals surface area contributed by atoms with Gasteiger partial charge in [0.25, 0.3) is 10.0 Å². The predicted molar refractivity (Wildman–Crippen MR) is 73.5 cm³/mol. The Morgan fingerprint density at radius 3 is 2.72 bits per heavy atom. The number of anilines is 1. The highest BCUT2D eigenvalue weighted by atomic mass is 32.2. The molecule has 96 valence electrons. The molecule has 0 unspecified atom stereocenters. The SMILES string of the molecule is CCc1ccc(S(=O)(=O)Nc2cncc(C)c2)s1. The maximum absolute atomic E-state index is 12.1. The molecule has 2 heterocycles. The van der Waals surface area contributed by atoms with E-state index in [1.165, 1.54) is 17.5 Å². The van der Waals surface area contributed by atoms with Crippen molar-refractivity contribution in [2.24, 2.45) is 0 Å². The summed E-state index contributed by atoms with van der Waals surface area (Å²) in [6.07, 6.45) is 4.02. The van der Waals surface area contributed by atoms with Crippen LogP contribution in [0.5, 0.6) is 0 Å². The van der Waals surface area contributed by atoms with Gasteiger partial charge in [-0.05, 0) is 37.1 Å². The van der Waals surface area contributed by atoms with Crippen LogP contribution in [-0.2, 0) is 16.4 Å². The summed E-state index contributed by atoms with van der Waals surface area (Å²) in [4.78, 5) is 5.01. The Hall–Kier alpha value is -1.40. The van der Waals surface area contributed by atoms with Crippen LogP contribution in [-0.4, -0.2) is 13.4 Å². The number of thiophene rings is 1. The third-order valence-corrected chi connectivity index (χ3v) is 5.48. The minimum atomic E-state index is -3.49. The van der Waals surface area contributed by atoms with Crippen molar-refractivity contribution in [3.63, 3.8) is 0 Å². The molecule has 0 saturated heterocycles. The Morgan fingerprint density at radius 1 is 1.33 bits per heavy atom. The number of rotatable bonds is 4. The highest BCUT2D eigenvalue weighted by Gasteiger charge is 2.16. The Bertz CT molecular complexity index is 648. The van der Waals surface area contributed by atoms with Crippen LogP contribution < -0.4 is 4.72 Å². The molecule has 0 spiro atoms. The summed E-state index contributed by atoms with van der Waals surface area (Å²) in [6.45, 7) is 3.87. The lowest BCUT2D eigenvalue weighted by atomic mass is 10.3. The molecular formula is C12H14N2O2S2. The lowest BCUT2D eigenvalue weighted by molar-refractivity contribution is 0.603. The molecule has 2 aromatic heterocycles. The minimum absolute atomic E-state index is 0.334. The van der Waals surface area contributed by atoms with Gasteiger partial charge in [0, 0.05) is 11.1 Å². The normalized spacial score (nSPS) is 11.4. The second-order valence-corrected chi connectivity index (χ2v) is 7.01. The summed E-state index contributed by atoms with van der Waals surface area (Å²) in [6, 6.07) is 5.22. The highest BCUT2D eigenvalue weighted by Crippen LogP contribution is 2.24. The third kappa shape index (κ3) is 2.88. The minimum Gasteiger partial charge on any atom is -0.277 e. The number of sulfonamides is 1. The van der Waals surface area contributed by atoms with Crippen LogP contribution in [0.25, 0.3) is 0 Å². The maximum Gasteiger partial charge on any atom is 0.271 e. The third-order valence-electron chi connectivity index (χ3n) is 2.38. The molecule has 2 rings (SSSR count). The molecule has 0 aliphatic heterocycles. The van der Waals surface area contributed by atoms with E-state index in [0.29, 0.717) is 9.90 Å². The van der Waals surface area contributed by atoms with Gasteiger partial charge in [0.1, 0.15) is 4.21 Å². The standard InChI is InChI=1S/C12H14N2O2S2/c1-3-11-4-5-12(17-11)18(15,16)14-10-6-9(2)7-13-8-10/h4-8,14H,3H2,1-2H3. The van der Waals surface area contributed by atoms with Crippen LogP contribution in [0, 0.1) is 6.92 Å². The van der Waals surface area contributed by atoms with Gasteiger partial charge in [-0.15, -0.1) is 11.3 Å². The summed E-state index contributed by atoms with van der Waals surface area (Å²) in [5, 5.41) is 0. The molecule has 0 radical (unpaired) electrons. The van der Waals surface area contributed by atoms with Gasteiger partial charge in [0.2, 0.25) is 0 Å². The van der Waals surface area contributed by atoms with Gasteiger partial charge in [-0.25, -0.2) is 8.42 Å². The maximum atomic E-state index is 12.1. The van der Waals surface area contributed by atoms with E-state index in [9.17, 15) is 8.42 Å². The van der Waals surface area contributed by atoms with Gasteiger partial charge in [0.15, 0.2) is 0 Å². The van der Waals surface area contributed by atoms with Crippen molar-refractivity contribution in [1.82, 2.24) is 4.98 Å². The van der Waals surface area contributed by atoms with Crippen molar-refractivity contribution in [1.29, 1.82) is 0 Å². The topological polar surface area (TPSA) is 59.1 Å². The monoisotopic (exact) mass is 282 g/mol. The van der Waals surface area contributed by atoms with Crippen LogP contribution in [0.15, 0.2) is 34.8 Å². The van der Waals surface area contributed by atoms with Crippen molar-refractivity contribution in [3.8, 4) is 0 Å². The molecule has 2 aromatic rings. The van der Waals surface area contributed by atoms with Crippen LogP contribution in [0.4, 0.5) is 5.69 Å². The predicted octanol–water partition coefficient (Wildman–Crippen LogP) is 2.81. The van der Waals surface area contributed by atoms with Crippen molar-refractivity contribution >= 4 is 27.0 Å². The Morgan fingerprint density at radius 2 is 2.11 bits per heavy atom. The summed E-state index contributed by atoms with van der Waals surface area (Å²) < 4.78 is 27.1. The molecule has 0 aliphatic carbocycles. The molecule has 0 amide bonds. The molecule has 18 heavy (non-hydrogen) atoms. The van der Waals surface area contributed by atoms with Gasteiger partial charge in [-0.2, -0.15) is 0 Å². The van der Waals surface area contributed by atoms with E-state index in [2.05, 4.69) is 9.71 Å². The number of nitrogens with zero attached hydrogens (tertiary/aromatic N) is 1. The van der Waals surface area contributed by atoms with E-state index in [0.717, 1.165) is 16.9 Å². The van der Waals surface area contributed by atoms with E-state index in [1.807, 2.05) is 19.9 Å². The van der Waals surface area contributed by atoms with Crippen molar-refractivity contribution in [3.05, 3.63) is 41.0 Å². The van der Waals surface area contributed by atoms with Gasteiger partial charge in [0.05, 0.1) is 11.9 Å². The molecule has 0 aliphatic rings. The number of pyridine rings is 1. The van der Waals surface area contributed by atoms with Gasteiger partial charge in [-0.3, -0.25) is 9.71 Å². The summed E-state index contributed by atoms with van der Waals surface area (Å²) in [7, 11) is -3.49. The summed E-state index contributed by atoms with van der Waals surface area (Å²) in [5.41, 5.74) is 1.40. The molecular weight excluding hydrogens is 268 g/mol. The lowest BCUT2D eigenvalue weighted by Gasteiger charge is -2.06. The number of hydrogen-bond acceptors (Lipinski definition) is 4. The fourth-order valence-corrected chi connectivity index (χ4v) is 3.84. The van der Waals surface area contributed by atoms with Gasteiger partial charge in [-0.1, -0.05) is 6.92 Å². The quantitative estimate of drug-likeness (QED) is 0.938. The van der Waals surface area contributed by atoms with Crippen LogP contribution in [0.1, 0.15) is 17.4 Å². The fourth-order valence-electron chi connectivity index (χ4n) is 1.51. The van der Waals surface area contributed by atoms with Crippen molar-refractivity contribution in [2.75, 3.05) is 4.72 Å². The highest BCUT2D eigenvalue weighted by molar-refractivity contribution is 7.94. The molecule has 0 fully saturated rings. The molecule has 1 N–H and O–H groups in total. The molecule has 0 bridgehead atoms. The van der Waals surface area contributed by atoms with Crippen LogP contribution >= 0.6 is 11.3 Å².